The molecule has 0 saturated heterocycles. The molecule has 2 aromatic carbocycles. The summed E-state index contributed by atoms with van der Waals surface area (Å²) in [6, 6.07) is 14.8. The Balaban J connectivity index is 1.88. The summed E-state index contributed by atoms with van der Waals surface area (Å²) in [7, 11) is 0. The van der Waals surface area contributed by atoms with Crippen LogP contribution in [-0.2, 0) is 6.54 Å². The van der Waals surface area contributed by atoms with Crippen molar-refractivity contribution in [2.24, 2.45) is 0 Å². The van der Waals surface area contributed by atoms with E-state index in [0.717, 1.165) is 5.56 Å². The molecule has 5 heteroatoms. The minimum Gasteiger partial charge on any atom is -0.317 e. The van der Waals surface area contributed by atoms with E-state index in [-0.39, 0.29) is 5.56 Å². The molecule has 0 radical (unpaired) electrons. The van der Waals surface area contributed by atoms with Crippen molar-refractivity contribution in [1.29, 1.82) is 0 Å². The van der Waals surface area contributed by atoms with Gasteiger partial charge in [-0.3, -0.25) is 4.79 Å². The van der Waals surface area contributed by atoms with E-state index in [1.165, 1.54) is 11.0 Å². The van der Waals surface area contributed by atoms with Crippen LogP contribution >= 0.6 is 11.6 Å². The van der Waals surface area contributed by atoms with Gasteiger partial charge in [0, 0.05) is 5.02 Å². The van der Waals surface area contributed by atoms with Gasteiger partial charge in [0.25, 0.3) is 5.56 Å². The van der Waals surface area contributed by atoms with Gasteiger partial charge in [0.05, 0.1) is 17.4 Å². The Bertz CT molecular complexity index is 813. The molecule has 0 saturated carbocycles. The highest BCUT2D eigenvalue weighted by Gasteiger charge is 2.02. The molecule has 0 unspecified atom stereocenters. The zero-order valence-electron chi connectivity index (χ0n) is 10.6. The van der Waals surface area contributed by atoms with Crippen molar-refractivity contribution < 1.29 is 0 Å². The lowest BCUT2D eigenvalue weighted by Gasteiger charge is -2.09. The predicted molar refractivity (Wildman–Crippen MR) is 80.5 cm³/mol. The third-order valence-corrected chi connectivity index (χ3v) is 3.24. The number of hydrogen-bond donors (Lipinski definition) is 1. The van der Waals surface area contributed by atoms with Gasteiger partial charge in [-0.05, 0) is 29.8 Å². The highest BCUT2D eigenvalue weighted by molar-refractivity contribution is 6.30. The lowest BCUT2D eigenvalue weighted by Crippen LogP contribution is -2.28. The van der Waals surface area contributed by atoms with Crippen LogP contribution in [0, 0.1) is 0 Å². The molecule has 20 heavy (non-hydrogen) atoms. The molecule has 0 aliphatic heterocycles. The van der Waals surface area contributed by atoms with Crippen LogP contribution in [-0.4, -0.2) is 9.66 Å². The van der Waals surface area contributed by atoms with E-state index in [4.69, 9.17) is 11.6 Å². The Morgan fingerprint density at radius 2 is 2.00 bits per heavy atom. The lowest BCUT2D eigenvalue weighted by atomic mass is 10.2. The van der Waals surface area contributed by atoms with Crippen LogP contribution in [0.4, 0.5) is 0 Å². The molecule has 1 N–H and O–H groups in total. The van der Waals surface area contributed by atoms with E-state index in [2.05, 4.69) is 10.4 Å². The zero-order chi connectivity index (χ0) is 13.9. The second-order valence-corrected chi connectivity index (χ2v) is 4.84. The van der Waals surface area contributed by atoms with Crippen molar-refractivity contribution in [2.75, 3.05) is 5.43 Å². The Kier molecular flexibility index (Phi) is 3.39. The smallest absolute Gasteiger partial charge is 0.279 e. The number of para-hydroxylation sites is 1. The number of nitrogens with zero attached hydrogens (tertiary/aromatic N) is 2. The van der Waals surface area contributed by atoms with Crippen LogP contribution in [0.1, 0.15) is 5.56 Å². The van der Waals surface area contributed by atoms with Crippen molar-refractivity contribution in [2.45, 2.75) is 6.54 Å². The average molecular weight is 286 g/mol. The first-order valence-electron chi connectivity index (χ1n) is 6.19. The lowest BCUT2D eigenvalue weighted by molar-refractivity contribution is 0.791. The quantitative estimate of drug-likeness (QED) is 0.805. The summed E-state index contributed by atoms with van der Waals surface area (Å²) in [6.07, 6.45) is 1.50. The topological polar surface area (TPSA) is 46.9 Å². The van der Waals surface area contributed by atoms with Crippen molar-refractivity contribution in [3.63, 3.8) is 0 Å². The van der Waals surface area contributed by atoms with E-state index in [1.54, 1.807) is 6.07 Å². The largest absolute Gasteiger partial charge is 0.317 e. The summed E-state index contributed by atoms with van der Waals surface area (Å²) in [5.74, 6) is 0. The summed E-state index contributed by atoms with van der Waals surface area (Å²) in [4.78, 5) is 16.5. The third kappa shape index (κ3) is 2.51. The Morgan fingerprint density at radius 3 is 2.85 bits per heavy atom. The summed E-state index contributed by atoms with van der Waals surface area (Å²) < 4.78 is 1.39. The maximum absolute atomic E-state index is 12.3. The molecule has 0 amide bonds. The fourth-order valence-corrected chi connectivity index (χ4v) is 2.22. The molecule has 3 aromatic rings. The number of nitrogens with one attached hydrogen (secondary N) is 1. The first kappa shape index (κ1) is 12.7. The van der Waals surface area contributed by atoms with Gasteiger partial charge in [0.1, 0.15) is 6.33 Å². The van der Waals surface area contributed by atoms with Gasteiger partial charge in [-0.25, -0.2) is 9.66 Å². The second-order valence-electron chi connectivity index (χ2n) is 4.40. The van der Waals surface area contributed by atoms with Gasteiger partial charge < -0.3 is 5.43 Å². The normalized spacial score (nSPS) is 10.7. The molecule has 0 spiro atoms. The van der Waals surface area contributed by atoms with Crippen LogP contribution in [0.5, 0.6) is 0 Å². The third-order valence-electron chi connectivity index (χ3n) is 3.01. The van der Waals surface area contributed by atoms with Gasteiger partial charge in [0.15, 0.2) is 0 Å². The van der Waals surface area contributed by atoms with Crippen LogP contribution < -0.4 is 11.0 Å². The summed E-state index contributed by atoms with van der Waals surface area (Å²) in [6.45, 7) is 0.500. The number of halogens is 1. The highest BCUT2D eigenvalue weighted by atomic mass is 35.5. The first-order valence-corrected chi connectivity index (χ1v) is 6.56. The molecule has 0 aliphatic rings. The SMILES string of the molecule is O=c1c2ccccc2ncn1NCc1cccc(Cl)c1. The Labute approximate surface area is 120 Å². The molecule has 0 bridgehead atoms. The monoisotopic (exact) mass is 285 g/mol. The number of hydrogen-bond acceptors (Lipinski definition) is 3. The molecule has 4 nitrogen and oxygen atoms in total. The number of aromatic nitrogens is 2. The van der Waals surface area contributed by atoms with Gasteiger partial charge in [-0.15, -0.1) is 0 Å². The van der Waals surface area contributed by atoms with E-state index >= 15 is 0 Å². The molecule has 100 valence electrons. The minimum absolute atomic E-state index is 0.113. The van der Waals surface area contributed by atoms with Gasteiger partial charge >= 0.3 is 0 Å². The van der Waals surface area contributed by atoms with Crippen LogP contribution in [0.3, 0.4) is 0 Å². The maximum Gasteiger partial charge on any atom is 0.279 e. The van der Waals surface area contributed by atoms with E-state index in [1.807, 2.05) is 42.5 Å². The molecule has 0 aliphatic carbocycles. The van der Waals surface area contributed by atoms with Crippen molar-refractivity contribution in [3.8, 4) is 0 Å². The summed E-state index contributed by atoms with van der Waals surface area (Å²) in [5, 5.41) is 1.27. The average Bonchev–Trinajstić information content (AvgIpc) is 2.47. The first-order chi connectivity index (χ1) is 9.74. The second kappa shape index (κ2) is 5.35. The molecule has 3 rings (SSSR count). The number of fused-ring (bicyclic) bond motifs is 1. The van der Waals surface area contributed by atoms with E-state index < -0.39 is 0 Å². The Hall–Kier alpha value is -2.33. The van der Waals surface area contributed by atoms with Crippen molar-refractivity contribution >= 4 is 22.5 Å². The standard InChI is InChI=1S/C15H12ClN3O/c16-12-5-3-4-11(8-12)9-18-19-10-17-14-7-2-1-6-13(14)15(19)20/h1-8,10,18H,9H2. The molecular formula is C15H12ClN3O. The fraction of sp³-hybridized carbons (Fsp3) is 0.0667. The van der Waals surface area contributed by atoms with Crippen LogP contribution in [0.2, 0.25) is 5.02 Å². The van der Waals surface area contributed by atoms with Gasteiger partial charge in [-0.1, -0.05) is 35.9 Å². The molecule has 0 fully saturated rings. The summed E-state index contributed by atoms with van der Waals surface area (Å²) >= 11 is 5.93. The van der Waals surface area contributed by atoms with Crippen LogP contribution in [0.15, 0.2) is 59.7 Å². The maximum atomic E-state index is 12.3. The zero-order valence-corrected chi connectivity index (χ0v) is 11.3. The molecule has 1 aromatic heterocycles. The van der Waals surface area contributed by atoms with Crippen molar-refractivity contribution in [3.05, 3.63) is 75.8 Å². The summed E-state index contributed by atoms with van der Waals surface area (Å²) in [5.41, 5.74) is 4.61. The van der Waals surface area contributed by atoms with Gasteiger partial charge in [0.2, 0.25) is 0 Å². The highest BCUT2D eigenvalue weighted by Crippen LogP contribution is 2.10. The fourth-order valence-electron chi connectivity index (χ4n) is 2.01. The molecular weight excluding hydrogens is 274 g/mol. The number of rotatable bonds is 3. The van der Waals surface area contributed by atoms with Crippen LogP contribution in [0.25, 0.3) is 10.9 Å². The minimum atomic E-state index is -0.113. The Morgan fingerprint density at radius 1 is 1.15 bits per heavy atom. The molecule has 1 heterocycles. The van der Waals surface area contributed by atoms with E-state index in [0.29, 0.717) is 22.5 Å². The predicted octanol–water partition coefficient (Wildman–Crippen LogP) is 2.79. The van der Waals surface area contributed by atoms with E-state index in [9.17, 15) is 4.79 Å². The van der Waals surface area contributed by atoms with Gasteiger partial charge in [-0.2, -0.15) is 0 Å². The molecule has 0 atom stereocenters. The number of benzene rings is 2. The van der Waals surface area contributed by atoms with Crippen molar-refractivity contribution in [1.82, 2.24) is 9.66 Å².